The molecule has 0 saturated heterocycles. The van der Waals surface area contributed by atoms with Gasteiger partial charge in [-0.25, -0.2) is 8.42 Å². The molecule has 8 heteroatoms. The van der Waals surface area contributed by atoms with Gasteiger partial charge in [-0.15, -0.1) is 0 Å². The highest BCUT2D eigenvalue weighted by Gasteiger charge is 2.19. The summed E-state index contributed by atoms with van der Waals surface area (Å²) in [4.78, 5) is 16.3. The van der Waals surface area contributed by atoms with Crippen molar-refractivity contribution in [2.45, 2.75) is 29.7 Å². The van der Waals surface area contributed by atoms with E-state index in [1.165, 1.54) is 30.6 Å². The molecule has 0 fully saturated rings. The van der Waals surface area contributed by atoms with Crippen LogP contribution in [0.2, 0.25) is 0 Å². The number of anilines is 1. The lowest BCUT2D eigenvalue weighted by atomic mass is 10.2. The Morgan fingerprint density at radius 2 is 1.93 bits per heavy atom. The topological polar surface area (TPSA) is 94.0 Å². The fourth-order valence-electron chi connectivity index (χ4n) is 2.52. The molecule has 28 heavy (non-hydrogen) atoms. The quantitative estimate of drug-likeness (QED) is 0.619. The maximum absolute atomic E-state index is 12.7. The second kappa shape index (κ2) is 8.62. The Bertz CT molecular complexity index is 1070. The molecule has 1 N–H and O–H groups in total. The SMILES string of the molecule is CCCn1cc(S(=O)(=O)c2ccc(NC(=O)C=Cc3cccnc3)cc2)cn1. The van der Waals surface area contributed by atoms with Gasteiger partial charge in [0.25, 0.3) is 0 Å². The molecular formula is C20H20N4O3S. The van der Waals surface area contributed by atoms with Crippen LogP contribution in [-0.2, 0) is 21.2 Å². The molecule has 0 aliphatic rings. The average molecular weight is 396 g/mol. The lowest BCUT2D eigenvalue weighted by Crippen LogP contribution is -2.08. The summed E-state index contributed by atoms with van der Waals surface area (Å²) in [6.45, 7) is 2.65. The molecule has 0 unspecified atom stereocenters. The van der Waals surface area contributed by atoms with Crippen molar-refractivity contribution < 1.29 is 13.2 Å². The van der Waals surface area contributed by atoms with Crippen molar-refractivity contribution in [3.05, 3.63) is 72.8 Å². The first kappa shape index (κ1) is 19.5. The average Bonchev–Trinajstić information content (AvgIpc) is 3.18. The first-order valence-corrected chi connectivity index (χ1v) is 10.2. The van der Waals surface area contributed by atoms with E-state index in [2.05, 4.69) is 15.4 Å². The fourth-order valence-corrected chi connectivity index (χ4v) is 3.73. The molecule has 0 aliphatic heterocycles. The summed E-state index contributed by atoms with van der Waals surface area (Å²) in [7, 11) is -3.64. The van der Waals surface area contributed by atoms with E-state index in [1.807, 2.05) is 13.0 Å². The number of nitrogens with one attached hydrogen (secondary N) is 1. The molecule has 3 aromatic rings. The standard InChI is InChI=1S/C20H20N4O3S/c1-2-12-24-15-19(14-22-24)28(26,27)18-8-6-17(7-9-18)23-20(25)10-5-16-4-3-11-21-13-16/h3-11,13-15H,2,12H2,1H3,(H,23,25). The monoisotopic (exact) mass is 396 g/mol. The largest absolute Gasteiger partial charge is 0.323 e. The molecule has 2 heterocycles. The molecule has 0 aliphatic carbocycles. The minimum Gasteiger partial charge on any atom is -0.323 e. The van der Waals surface area contributed by atoms with Gasteiger partial charge in [0.2, 0.25) is 15.7 Å². The van der Waals surface area contributed by atoms with Crippen molar-refractivity contribution in [2.24, 2.45) is 0 Å². The van der Waals surface area contributed by atoms with Gasteiger partial charge in [0.1, 0.15) is 4.90 Å². The highest BCUT2D eigenvalue weighted by atomic mass is 32.2. The number of carbonyl (C=O) groups excluding carboxylic acids is 1. The van der Waals surface area contributed by atoms with Gasteiger partial charge in [-0.2, -0.15) is 5.10 Å². The molecule has 7 nitrogen and oxygen atoms in total. The zero-order chi connectivity index (χ0) is 20.0. The van der Waals surface area contributed by atoms with Crippen LogP contribution >= 0.6 is 0 Å². The molecule has 3 rings (SSSR count). The number of hydrogen-bond donors (Lipinski definition) is 1. The summed E-state index contributed by atoms with van der Waals surface area (Å²) in [6, 6.07) is 9.65. The lowest BCUT2D eigenvalue weighted by molar-refractivity contribution is -0.111. The first-order valence-electron chi connectivity index (χ1n) is 8.76. The van der Waals surface area contributed by atoms with Gasteiger partial charge in [-0.1, -0.05) is 13.0 Å². The van der Waals surface area contributed by atoms with E-state index >= 15 is 0 Å². The van der Waals surface area contributed by atoms with E-state index in [4.69, 9.17) is 0 Å². The molecule has 0 saturated carbocycles. The molecule has 1 aromatic carbocycles. The van der Waals surface area contributed by atoms with Crippen molar-refractivity contribution in [3.63, 3.8) is 0 Å². The van der Waals surface area contributed by atoms with Crippen molar-refractivity contribution in [3.8, 4) is 0 Å². The zero-order valence-corrected chi connectivity index (χ0v) is 16.1. The molecule has 1 amide bonds. The van der Waals surface area contributed by atoms with Crippen molar-refractivity contribution in [2.75, 3.05) is 5.32 Å². The fraction of sp³-hybridized carbons (Fsp3) is 0.150. The lowest BCUT2D eigenvalue weighted by Gasteiger charge is -2.05. The minimum atomic E-state index is -3.64. The van der Waals surface area contributed by atoms with E-state index in [0.29, 0.717) is 12.2 Å². The Morgan fingerprint density at radius 3 is 2.61 bits per heavy atom. The molecule has 144 valence electrons. The summed E-state index contributed by atoms with van der Waals surface area (Å²) in [5, 5.41) is 6.76. The van der Waals surface area contributed by atoms with Crippen LogP contribution < -0.4 is 5.32 Å². The van der Waals surface area contributed by atoms with E-state index < -0.39 is 9.84 Å². The van der Waals surface area contributed by atoms with Gasteiger partial charge < -0.3 is 5.32 Å². The smallest absolute Gasteiger partial charge is 0.248 e. The number of sulfone groups is 1. The number of aryl methyl sites for hydroxylation is 1. The van der Waals surface area contributed by atoms with Crippen LogP contribution in [0.25, 0.3) is 6.08 Å². The number of carbonyl (C=O) groups is 1. The molecule has 0 atom stereocenters. The van der Waals surface area contributed by atoms with Crippen LogP contribution in [0.1, 0.15) is 18.9 Å². The maximum Gasteiger partial charge on any atom is 0.248 e. The van der Waals surface area contributed by atoms with Crippen LogP contribution in [0.4, 0.5) is 5.69 Å². The van der Waals surface area contributed by atoms with Gasteiger partial charge in [-0.05, 0) is 48.4 Å². The molecule has 0 spiro atoms. The number of nitrogens with zero attached hydrogens (tertiary/aromatic N) is 3. The summed E-state index contributed by atoms with van der Waals surface area (Å²) >= 11 is 0. The molecule has 2 aromatic heterocycles. The number of amides is 1. The summed E-state index contributed by atoms with van der Waals surface area (Å²) in [5.74, 6) is -0.319. The van der Waals surface area contributed by atoms with Gasteiger partial charge in [-0.3, -0.25) is 14.5 Å². The Hall–Kier alpha value is -3.26. The molecule has 0 bridgehead atoms. The minimum absolute atomic E-state index is 0.146. The maximum atomic E-state index is 12.7. The zero-order valence-electron chi connectivity index (χ0n) is 15.3. The number of pyridine rings is 1. The first-order chi connectivity index (χ1) is 13.5. The Labute approximate surface area is 163 Å². The van der Waals surface area contributed by atoms with Gasteiger partial charge in [0, 0.05) is 36.9 Å². The summed E-state index contributed by atoms with van der Waals surface area (Å²) in [5.41, 5.74) is 1.31. The molecule has 0 radical (unpaired) electrons. The van der Waals surface area contributed by atoms with E-state index in [9.17, 15) is 13.2 Å². The number of hydrogen-bond acceptors (Lipinski definition) is 5. The predicted molar refractivity (Wildman–Crippen MR) is 106 cm³/mol. The van der Waals surface area contributed by atoms with Gasteiger partial charge in [0.05, 0.1) is 11.1 Å². The second-order valence-electron chi connectivity index (χ2n) is 6.08. The van der Waals surface area contributed by atoms with Crippen LogP contribution in [0.5, 0.6) is 0 Å². The Kier molecular flexibility index (Phi) is 6.00. The van der Waals surface area contributed by atoms with E-state index in [1.54, 1.807) is 41.4 Å². The third kappa shape index (κ3) is 4.72. The van der Waals surface area contributed by atoms with Crippen molar-refractivity contribution in [1.29, 1.82) is 0 Å². The van der Waals surface area contributed by atoms with Crippen LogP contribution in [0.15, 0.2) is 77.1 Å². The number of rotatable bonds is 7. The van der Waals surface area contributed by atoms with Crippen molar-refractivity contribution in [1.82, 2.24) is 14.8 Å². The highest BCUT2D eigenvalue weighted by Crippen LogP contribution is 2.22. The van der Waals surface area contributed by atoms with E-state index in [-0.39, 0.29) is 15.7 Å². The predicted octanol–water partition coefficient (Wildman–Crippen LogP) is 3.17. The Morgan fingerprint density at radius 1 is 1.14 bits per heavy atom. The van der Waals surface area contributed by atoms with Crippen molar-refractivity contribution >= 4 is 27.5 Å². The van der Waals surface area contributed by atoms with Crippen LogP contribution in [0.3, 0.4) is 0 Å². The van der Waals surface area contributed by atoms with Gasteiger partial charge in [0.15, 0.2) is 0 Å². The number of aromatic nitrogens is 3. The summed E-state index contributed by atoms with van der Waals surface area (Å²) < 4.78 is 27.0. The molecular weight excluding hydrogens is 376 g/mol. The summed E-state index contributed by atoms with van der Waals surface area (Å²) in [6.07, 6.45) is 10.1. The second-order valence-corrected chi connectivity index (χ2v) is 8.03. The third-order valence-electron chi connectivity index (χ3n) is 3.92. The highest BCUT2D eigenvalue weighted by molar-refractivity contribution is 7.91. The Balaban J connectivity index is 1.68. The normalized spacial score (nSPS) is 11.6. The third-order valence-corrected chi connectivity index (χ3v) is 5.64. The van der Waals surface area contributed by atoms with Gasteiger partial charge >= 0.3 is 0 Å². The van der Waals surface area contributed by atoms with Crippen LogP contribution in [0, 0.1) is 0 Å². The van der Waals surface area contributed by atoms with E-state index in [0.717, 1.165) is 12.0 Å². The van der Waals surface area contributed by atoms with Crippen LogP contribution in [-0.4, -0.2) is 29.1 Å². The number of benzene rings is 1.